The molecule has 0 spiro atoms. The first kappa shape index (κ1) is 12.7. The second-order valence-electron chi connectivity index (χ2n) is 4.92. The van der Waals surface area contributed by atoms with Gasteiger partial charge in [-0.05, 0) is 18.8 Å². The fourth-order valence-electron chi connectivity index (χ4n) is 2.15. The Kier molecular flexibility index (Phi) is 3.42. The standard InChI is InChI=1S/C11H17N9/c1-19(5-8-3-2-4-8)10-15-9(18-12)16-11(17-10)20-7-13-6-14-20/h6-8H,2-5,12H2,1H3,(H,15,16,17,18). The molecule has 0 radical (unpaired) electrons. The van der Waals surface area contributed by atoms with E-state index in [-0.39, 0.29) is 0 Å². The molecule has 2 aromatic heterocycles. The summed E-state index contributed by atoms with van der Waals surface area (Å²) in [4.78, 5) is 18.8. The second-order valence-corrected chi connectivity index (χ2v) is 4.92. The van der Waals surface area contributed by atoms with Gasteiger partial charge < -0.3 is 4.90 Å². The topological polar surface area (TPSA) is 111 Å². The van der Waals surface area contributed by atoms with Crippen LogP contribution in [0.25, 0.3) is 5.95 Å². The zero-order chi connectivity index (χ0) is 13.9. The zero-order valence-electron chi connectivity index (χ0n) is 11.3. The van der Waals surface area contributed by atoms with Crippen LogP contribution >= 0.6 is 0 Å². The number of nitrogens with zero attached hydrogens (tertiary/aromatic N) is 7. The summed E-state index contributed by atoms with van der Waals surface area (Å²) in [6.07, 6.45) is 6.82. The number of rotatable bonds is 5. The highest BCUT2D eigenvalue weighted by Gasteiger charge is 2.21. The number of anilines is 2. The van der Waals surface area contributed by atoms with Gasteiger partial charge in [-0.25, -0.2) is 10.8 Å². The number of aromatic nitrogens is 6. The molecule has 0 aliphatic heterocycles. The summed E-state index contributed by atoms with van der Waals surface area (Å²) in [5, 5.41) is 4.02. The van der Waals surface area contributed by atoms with Gasteiger partial charge in [0.05, 0.1) is 0 Å². The van der Waals surface area contributed by atoms with Crippen molar-refractivity contribution >= 4 is 11.9 Å². The van der Waals surface area contributed by atoms with Crippen molar-refractivity contribution in [3.8, 4) is 5.95 Å². The maximum absolute atomic E-state index is 5.41. The van der Waals surface area contributed by atoms with Crippen LogP contribution in [0, 0.1) is 5.92 Å². The molecule has 0 bridgehead atoms. The van der Waals surface area contributed by atoms with E-state index in [0.717, 1.165) is 12.5 Å². The molecule has 0 saturated heterocycles. The van der Waals surface area contributed by atoms with Crippen molar-refractivity contribution in [2.24, 2.45) is 11.8 Å². The maximum Gasteiger partial charge on any atom is 0.258 e. The van der Waals surface area contributed by atoms with Crippen LogP contribution in [0.3, 0.4) is 0 Å². The Labute approximate surface area is 116 Å². The van der Waals surface area contributed by atoms with Gasteiger partial charge in [0.15, 0.2) is 0 Å². The Bertz CT molecular complexity index is 563. The lowest BCUT2D eigenvalue weighted by atomic mass is 9.85. The van der Waals surface area contributed by atoms with E-state index in [1.54, 1.807) is 0 Å². The highest BCUT2D eigenvalue weighted by Crippen LogP contribution is 2.27. The van der Waals surface area contributed by atoms with E-state index in [9.17, 15) is 0 Å². The monoisotopic (exact) mass is 275 g/mol. The predicted molar refractivity (Wildman–Crippen MR) is 73.2 cm³/mol. The molecule has 9 heteroatoms. The highest BCUT2D eigenvalue weighted by atomic mass is 15.4. The molecule has 0 unspecified atom stereocenters. The van der Waals surface area contributed by atoms with Crippen molar-refractivity contribution in [2.45, 2.75) is 19.3 Å². The number of nitrogen functional groups attached to an aromatic ring is 1. The Balaban J connectivity index is 1.87. The van der Waals surface area contributed by atoms with Crippen molar-refractivity contribution < 1.29 is 0 Å². The fraction of sp³-hybridized carbons (Fsp3) is 0.545. The molecule has 0 amide bonds. The lowest BCUT2D eigenvalue weighted by Gasteiger charge is -2.30. The first-order chi connectivity index (χ1) is 9.76. The Morgan fingerprint density at radius 1 is 1.40 bits per heavy atom. The van der Waals surface area contributed by atoms with Crippen LogP contribution in [0.2, 0.25) is 0 Å². The zero-order valence-corrected chi connectivity index (χ0v) is 11.3. The number of nitrogens with two attached hydrogens (primary N) is 1. The van der Waals surface area contributed by atoms with Gasteiger partial charge in [0.25, 0.3) is 5.95 Å². The Hall–Kier alpha value is -2.29. The Morgan fingerprint density at radius 3 is 2.85 bits per heavy atom. The molecule has 1 fully saturated rings. The van der Waals surface area contributed by atoms with Crippen LogP contribution in [0.4, 0.5) is 11.9 Å². The van der Waals surface area contributed by atoms with Crippen LogP contribution < -0.4 is 16.2 Å². The van der Waals surface area contributed by atoms with Crippen molar-refractivity contribution in [3.05, 3.63) is 12.7 Å². The number of hydrogen-bond donors (Lipinski definition) is 2. The molecular weight excluding hydrogens is 258 g/mol. The normalized spacial score (nSPS) is 14.9. The molecule has 2 aromatic rings. The summed E-state index contributed by atoms with van der Waals surface area (Å²) in [7, 11) is 1.97. The predicted octanol–water partition coefficient (Wildman–Crippen LogP) is -0.0258. The van der Waals surface area contributed by atoms with Crippen molar-refractivity contribution in [2.75, 3.05) is 23.9 Å². The van der Waals surface area contributed by atoms with Gasteiger partial charge in [-0.1, -0.05) is 6.42 Å². The molecular formula is C11H17N9. The molecule has 2 heterocycles. The smallest absolute Gasteiger partial charge is 0.258 e. The molecule has 106 valence electrons. The summed E-state index contributed by atoms with van der Waals surface area (Å²) >= 11 is 0. The third-order valence-corrected chi connectivity index (χ3v) is 3.46. The van der Waals surface area contributed by atoms with E-state index >= 15 is 0 Å². The third kappa shape index (κ3) is 2.52. The Morgan fingerprint density at radius 2 is 2.25 bits per heavy atom. The SMILES string of the molecule is CN(CC1CCC1)c1nc(NN)nc(-n2cncn2)n1. The van der Waals surface area contributed by atoms with E-state index < -0.39 is 0 Å². The molecule has 20 heavy (non-hydrogen) atoms. The van der Waals surface area contributed by atoms with Crippen LogP contribution in [0.1, 0.15) is 19.3 Å². The van der Waals surface area contributed by atoms with Gasteiger partial charge in [0, 0.05) is 13.6 Å². The molecule has 1 saturated carbocycles. The maximum atomic E-state index is 5.41. The van der Waals surface area contributed by atoms with Gasteiger partial charge in [-0.15, -0.1) is 0 Å². The van der Waals surface area contributed by atoms with Gasteiger partial charge in [0.1, 0.15) is 12.7 Å². The van der Waals surface area contributed by atoms with Gasteiger partial charge in [0.2, 0.25) is 11.9 Å². The summed E-state index contributed by atoms with van der Waals surface area (Å²) in [6.45, 7) is 0.935. The van der Waals surface area contributed by atoms with E-state index in [2.05, 4.69) is 30.5 Å². The minimum Gasteiger partial charge on any atom is -0.343 e. The van der Waals surface area contributed by atoms with Crippen LogP contribution in [0.15, 0.2) is 12.7 Å². The first-order valence-corrected chi connectivity index (χ1v) is 6.55. The number of hydrogen-bond acceptors (Lipinski definition) is 8. The summed E-state index contributed by atoms with van der Waals surface area (Å²) < 4.78 is 1.48. The second kappa shape index (κ2) is 5.37. The van der Waals surface area contributed by atoms with Gasteiger partial charge in [-0.2, -0.15) is 24.7 Å². The summed E-state index contributed by atoms with van der Waals surface area (Å²) in [5.74, 6) is 7.41. The average Bonchev–Trinajstić information content (AvgIpc) is 2.96. The van der Waals surface area contributed by atoms with E-state index in [1.807, 2.05) is 11.9 Å². The van der Waals surface area contributed by atoms with Crippen molar-refractivity contribution in [1.29, 1.82) is 0 Å². The third-order valence-electron chi connectivity index (χ3n) is 3.46. The largest absolute Gasteiger partial charge is 0.343 e. The lowest BCUT2D eigenvalue weighted by molar-refractivity contribution is 0.320. The molecule has 0 atom stereocenters. The summed E-state index contributed by atoms with van der Waals surface area (Å²) in [5.41, 5.74) is 2.46. The van der Waals surface area contributed by atoms with Crippen LogP contribution in [0.5, 0.6) is 0 Å². The molecule has 0 aromatic carbocycles. The fourth-order valence-corrected chi connectivity index (χ4v) is 2.15. The molecule has 1 aliphatic carbocycles. The van der Waals surface area contributed by atoms with Crippen LogP contribution in [-0.4, -0.2) is 43.3 Å². The van der Waals surface area contributed by atoms with Gasteiger partial charge >= 0.3 is 0 Å². The molecule has 1 aliphatic rings. The lowest BCUT2D eigenvalue weighted by Crippen LogP contribution is -2.31. The highest BCUT2D eigenvalue weighted by molar-refractivity contribution is 5.38. The minimum atomic E-state index is 0.306. The first-order valence-electron chi connectivity index (χ1n) is 6.55. The van der Waals surface area contributed by atoms with Crippen molar-refractivity contribution in [3.63, 3.8) is 0 Å². The quantitative estimate of drug-likeness (QED) is 0.578. The van der Waals surface area contributed by atoms with E-state index in [4.69, 9.17) is 5.84 Å². The summed E-state index contributed by atoms with van der Waals surface area (Å²) in [6, 6.07) is 0. The number of hydrazine groups is 1. The van der Waals surface area contributed by atoms with Crippen molar-refractivity contribution in [1.82, 2.24) is 29.7 Å². The number of nitrogens with one attached hydrogen (secondary N) is 1. The molecule has 9 nitrogen and oxygen atoms in total. The average molecular weight is 275 g/mol. The molecule has 3 rings (SSSR count). The van der Waals surface area contributed by atoms with Crippen LogP contribution in [-0.2, 0) is 0 Å². The van der Waals surface area contributed by atoms with Gasteiger partial charge in [-0.3, -0.25) is 5.43 Å². The van der Waals surface area contributed by atoms with E-state index in [1.165, 1.54) is 36.6 Å². The molecule has 3 N–H and O–H groups in total. The van der Waals surface area contributed by atoms with E-state index in [0.29, 0.717) is 17.8 Å². The minimum absolute atomic E-state index is 0.306.